The number of hydrogen-bond donors (Lipinski definition) is 1. The number of aromatic nitrogens is 2. The molecule has 94 valence electrons. The Kier molecular flexibility index (Phi) is 4.23. The third-order valence-electron chi connectivity index (χ3n) is 2.70. The Labute approximate surface area is 106 Å². The molecule has 1 heterocycles. The maximum atomic E-state index is 12.6. The van der Waals surface area contributed by atoms with Crippen molar-refractivity contribution in [2.45, 2.75) is 25.8 Å². The van der Waals surface area contributed by atoms with Gasteiger partial charge in [-0.25, -0.2) is 14.4 Å². The van der Waals surface area contributed by atoms with Crippen molar-refractivity contribution in [3.63, 3.8) is 0 Å². The minimum Gasteiger partial charge on any atom is -0.352 e. The van der Waals surface area contributed by atoms with Gasteiger partial charge in [-0.1, -0.05) is 30.3 Å². The standard InChI is InChI=1S/C14H16FN3/c1-11(7-8-12-5-3-2-4-6-12)18-14-16-9-13(15)10-17-14/h2-6,9-11H,7-8H2,1H3,(H,16,17,18). The molecular weight excluding hydrogens is 229 g/mol. The average molecular weight is 245 g/mol. The third kappa shape index (κ3) is 3.80. The second kappa shape index (κ2) is 6.10. The molecule has 2 rings (SSSR count). The summed E-state index contributed by atoms with van der Waals surface area (Å²) < 4.78 is 12.6. The lowest BCUT2D eigenvalue weighted by molar-refractivity contribution is 0.612. The lowest BCUT2D eigenvalue weighted by Gasteiger charge is -2.13. The van der Waals surface area contributed by atoms with E-state index >= 15 is 0 Å². The number of aryl methyl sites for hydroxylation is 1. The van der Waals surface area contributed by atoms with Gasteiger partial charge in [-0.2, -0.15) is 0 Å². The molecule has 0 radical (unpaired) electrons. The summed E-state index contributed by atoms with van der Waals surface area (Å²) in [6.07, 6.45) is 4.31. The van der Waals surface area contributed by atoms with E-state index in [1.165, 1.54) is 18.0 Å². The van der Waals surface area contributed by atoms with Crippen LogP contribution in [0, 0.1) is 5.82 Å². The molecule has 4 heteroatoms. The van der Waals surface area contributed by atoms with E-state index in [1.807, 2.05) is 18.2 Å². The van der Waals surface area contributed by atoms with Crippen molar-refractivity contribution in [3.8, 4) is 0 Å². The summed E-state index contributed by atoms with van der Waals surface area (Å²) in [5.74, 6) is 0.0504. The van der Waals surface area contributed by atoms with Crippen molar-refractivity contribution >= 4 is 5.95 Å². The lowest BCUT2D eigenvalue weighted by Crippen LogP contribution is -2.17. The molecule has 0 fully saturated rings. The summed E-state index contributed by atoms with van der Waals surface area (Å²) in [5, 5.41) is 3.15. The fraction of sp³-hybridized carbons (Fsp3) is 0.286. The van der Waals surface area contributed by atoms with Crippen molar-refractivity contribution in [1.82, 2.24) is 9.97 Å². The van der Waals surface area contributed by atoms with Gasteiger partial charge in [-0.05, 0) is 25.3 Å². The van der Waals surface area contributed by atoms with E-state index in [0.29, 0.717) is 5.95 Å². The molecule has 3 nitrogen and oxygen atoms in total. The summed E-state index contributed by atoms with van der Waals surface area (Å²) >= 11 is 0. The van der Waals surface area contributed by atoms with Gasteiger partial charge in [-0.3, -0.25) is 0 Å². The predicted molar refractivity (Wildman–Crippen MR) is 69.8 cm³/mol. The fourth-order valence-corrected chi connectivity index (χ4v) is 1.71. The van der Waals surface area contributed by atoms with Crippen LogP contribution in [-0.4, -0.2) is 16.0 Å². The first kappa shape index (κ1) is 12.5. The largest absolute Gasteiger partial charge is 0.352 e. The van der Waals surface area contributed by atoms with E-state index in [2.05, 4.69) is 34.3 Å². The normalized spacial score (nSPS) is 12.1. The smallest absolute Gasteiger partial charge is 0.222 e. The van der Waals surface area contributed by atoms with Gasteiger partial charge in [0.05, 0.1) is 12.4 Å². The highest BCUT2D eigenvalue weighted by Gasteiger charge is 2.04. The number of benzene rings is 1. The highest BCUT2D eigenvalue weighted by atomic mass is 19.1. The molecule has 1 aromatic heterocycles. The van der Waals surface area contributed by atoms with Gasteiger partial charge in [0.2, 0.25) is 5.95 Å². The molecule has 0 spiro atoms. The van der Waals surface area contributed by atoms with Crippen LogP contribution in [0.1, 0.15) is 18.9 Å². The maximum absolute atomic E-state index is 12.6. The van der Waals surface area contributed by atoms with Gasteiger partial charge in [-0.15, -0.1) is 0 Å². The molecule has 18 heavy (non-hydrogen) atoms. The molecule has 0 saturated heterocycles. The third-order valence-corrected chi connectivity index (χ3v) is 2.70. The van der Waals surface area contributed by atoms with Crippen molar-refractivity contribution in [3.05, 3.63) is 54.1 Å². The number of anilines is 1. The van der Waals surface area contributed by atoms with E-state index < -0.39 is 5.82 Å². The monoisotopic (exact) mass is 245 g/mol. The second-order valence-corrected chi connectivity index (χ2v) is 4.29. The van der Waals surface area contributed by atoms with Gasteiger partial charge < -0.3 is 5.32 Å². The lowest BCUT2D eigenvalue weighted by atomic mass is 10.1. The number of rotatable bonds is 5. The van der Waals surface area contributed by atoms with Crippen LogP contribution in [0.2, 0.25) is 0 Å². The summed E-state index contributed by atoms with van der Waals surface area (Å²) in [6, 6.07) is 10.6. The van der Waals surface area contributed by atoms with Crippen LogP contribution in [-0.2, 0) is 6.42 Å². The van der Waals surface area contributed by atoms with Crippen LogP contribution >= 0.6 is 0 Å². The van der Waals surface area contributed by atoms with Crippen LogP contribution in [0.25, 0.3) is 0 Å². The molecule has 1 atom stereocenters. The Morgan fingerprint density at radius 2 is 1.83 bits per heavy atom. The SMILES string of the molecule is CC(CCc1ccccc1)Nc1ncc(F)cn1. The van der Waals surface area contributed by atoms with Gasteiger partial charge in [0.1, 0.15) is 0 Å². The zero-order chi connectivity index (χ0) is 12.8. The Balaban J connectivity index is 1.82. The van der Waals surface area contributed by atoms with Gasteiger partial charge >= 0.3 is 0 Å². The first-order chi connectivity index (χ1) is 8.74. The fourth-order valence-electron chi connectivity index (χ4n) is 1.71. The van der Waals surface area contributed by atoms with Crippen LogP contribution in [0.3, 0.4) is 0 Å². The highest BCUT2D eigenvalue weighted by molar-refractivity contribution is 5.24. The minimum absolute atomic E-state index is 0.246. The molecular formula is C14H16FN3. The number of halogens is 1. The Hall–Kier alpha value is -1.97. The topological polar surface area (TPSA) is 37.8 Å². The van der Waals surface area contributed by atoms with Crippen molar-refractivity contribution in [1.29, 1.82) is 0 Å². The van der Waals surface area contributed by atoms with Crippen molar-refractivity contribution in [2.75, 3.05) is 5.32 Å². The molecule has 0 amide bonds. The molecule has 0 aliphatic carbocycles. The number of nitrogens with one attached hydrogen (secondary N) is 1. The maximum Gasteiger partial charge on any atom is 0.222 e. The van der Waals surface area contributed by atoms with Crippen molar-refractivity contribution in [2.24, 2.45) is 0 Å². The van der Waals surface area contributed by atoms with Crippen molar-refractivity contribution < 1.29 is 4.39 Å². The molecule has 0 saturated carbocycles. The van der Waals surface area contributed by atoms with E-state index in [0.717, 1.165) is 12.8 Å². The quantitative estimate of drug-likeness (QED) is 0.879. The minimum atomic E-state index is -0.419. The molecule has 1 unspecified atom stereocenters. The second-order valence-electron chi connectivity index (χ2n) is 4.29. The summed E-state index contributed by atoms with van der Waals surface area (Å²) in [7, 11) is 0. The molecule has 1 aromatic carbocycles. The Morgan fingerprint density at radius 3 is 2.50 bits per heavy atom. The van der Waals surface area contributed by atoms with Gasteiger partial charge in [0, 0.05) is 6.04 Å². The van der Waals surface area contributed by atoms with Gasteiger partial charge in [0.15, 0.2) is 5.82 Å². The molecule has 2 aromatic rings. The summed E-state index contributed by atoms with van der Waals surface area (Å²) in [5.41, 5.74) is 1.31. The zero-order valence-electron chi connectivity index (χ0n) is 10.3. The number of hydrogen-bond acceptors (Lipinski definition) is 3. The van der Waals surface area contributed by atoms with E-state index in [-0.39, 0.29) is 6.04 Å². The van der Waals surface area contributed by atoms with Gasteiger partial charge in [0.25, 0.3) is 0 Å². The van der Waals surface area contributed by atoms with Crippen LogP contribution in [0.4, 0.5) is 10.3 Å². The molecule has 0 aliphatic rings. The van der Waals surface area contributed by atoms with E-state index in [4.69, 9.17) is 0 Å². The first-order valence-corrected chi connectivity index (χ1v) is 6.02. The van der Waals surface area contributed by atoms with E-state index in [9.17, 15) is 4.39 Å². The number of nitrogens with zero attached hydrogens (tertiary/aromatic N) is 2. The van der Waals surface area contributed by atoms with Crippen LogP contribution in [0.15, 0.2) is 42.7 Å². The molecule has 1 N–H and O–H groups in total. The molecule has 0 aliphatic heterocycles. The average Bonchev–Trinajstić information content (AvgIpc) is 2.40. The van der Waals surface area contributed by atoms with Crippen LogP contribution in [0.5, 0.6) is 0 Å². The van der Waals surface area contributed by atoms with Crippen LogP contribution < -0.4 is 5.32 Å². The first-order valence-electron chi connectivity index (χ1n) is 6.02. The molecule has 0 bridgehead atoms. The highest BCUT2D eigenvalue weighted by Crippen LogP contribution is 2.08. The Bertz CT molecular complexity index is 470. The zero-order valence-corrected chi connectivity index (χ0v) is 10.3. The van der Waals surface area contributed by atoms with E-state index in [1.54, 1.807) is 0 Å². The Morgan fingerprint density at radius 1 is 1.17 bits per heavy atom. The summed E-state index contributed by atoms with van der Waals surface area (Å²) in [6.45, 7) is 2.07. The predicted octanol–water partition coefficient (Wildman–Crippen LogP) is 3.05. The summed E-state index contributed by atoms with van der Waals surface area (Å²) in [4.78, 5) is 7.75.